The summed E-state index contributed by atoms with van der Waals surface area (Å²) in [7, 11) is 0. The first kappa shape index (κ1) is 12.4. The van der Waals surface area contributed by atoms with Crippen molar-refractivity contribution in [3.63, 3.8) is 0 Å². The molecule has 0 saturated heterocycles. The van der Waals surface area contributed by atoms with Gasteiger partial charge in [-0.1, -0.05) is 0 Å². The lowest BCUT2D eigenvalue weighted by Gasteiger charge is -1.96. The van der Waals surface area contributed by atoms with Crippen molar-refractivity contribution in [2.75, 3.05) is 12.5 Å². The molecule has 0 aliphatic rings. The van der Waals surface area contributed by atoms with E-state index in [1.165, 1.54) is 0 Å². The summed E-state index contributed by atoms with van der Waals surface area (Å²) in [6.45, 7) is 0.0577. The highest BCUT2D eigenvalue weighted by atomic mass is 35.5. The second-order valence-electron chi connectivity index (χ2n) is 2.04. The molecule has 0 rings (SSSR count). The molecule has 0 aromatic heterocycles. The molecule has 6 nitrogen and oxygen atoms in total. The smallest absolute Gasteiger partial charge is 0.330 e. The van der Waals surface area contributed by atoms with Gasteiger partial charge in [-0.3, -0.25) is 10.1 Å². The predicted octanol–water partition coefficient (Wildman–Crippen LogP) is -0.480. The SMILES string of the molecule is NC(=O)NC(=O)/C=C\C(=O)OCCCl. The standard InChI is InChI=1S/C7H9ClN2O4/c8-3-4-14-6(12)2-1-5(11)10-7(9)13/h1-2H,3-4H2,(H3,9,10,11,13)/b2-1-. The van der Waals surface area contributed by atoms with Crippen molar-refractivity contribution in [1.29, 1.82) is 0 Å². The molecule has 14 heavy (non-hydrogen) atoms. The maximum Gasteiger partial charge on any atom is 0.330 e. The molecule has 0 heterocycles. The van der Waals surface area contributed by atoms with Crippen LogP contribution in [0.5, 0.6) is 0 Å². The molecule has 0 aliphatic heterocycles. The Hall–Kier alpha value is -1.56. The van der Waals surface area contributed by atoms with E-state index in [1.807, 2.05) is 0 Å². The monoisotopic (exact) mass is 220 g/mol. The van der Waals surface area contributed by atoms with Gasteiger partial charge in [0, 0.05) is 12.2 Å². The fourth-order valence-corrected chi connectivity index (χ4v) is 0.571. The number of amides is 3. The Kier molecular flexibility index (Phi) is 6.13. The number of urea groups is 1. The summed E-state index contributed by atoms with van der Waals surface area (Å²) >= 11 is 5.24. The third-order valence-corrected chi connectivity index (χ3v) is 1.09. The van der Waals surface area contributed by atoms with Gasteiger partial charge in [0.1, 0.15) is 6.61 Å². The second-order valence-corrected chi connectivity index (χ2v) is 2.42. The summed E-state index contributed by atoms with van der Waals surface area (Å²) in [6.07, 6.45) is 1.70. The number of nitrogens with two attached hydrogens (primary N) is 1. The number of ether oxygens (including phenoxy) is 1. The number of carbonyl (C=O) groups is 3. The molecular formula is C7H9ClN2O4. The van der Waals surface area contributed by atoms with Crippen molar-refractivity contribution in [3.8, 4) is 0 Å². The number of nitrogens with one attached hydrogen (secondary N) is 1. The average Bonchev–Trinajstić information content (AvgIpc) is 2.10. The minimum absolute atomic E-state index is 0.0577. The molecule has 78 valence electrons. The van der Waals surface area contributed by atoms with E-state index in [9.17, 15) is 14.4 Å². The van der Waals surface area contributed by atoms with E-state index in [0.29, 0.717) is 0 Å². The summed E-state index contributed by atoms with van der Waals surface area (Å²) in [5, 5.41) is 1.73. The van der Waals surface area contributed by atoms with Crippen LogP contribution >= 0.6 is 11.6 Å². The topological polar surface area (TPSA) is 98.5 Å². The molecule has 0 saturated carbocycles. The van der Waals surface area contributed by atoms with Crippen molar-refractivity contribution in [2.45, 2.75) is 0 Å². The van der Waals surface area contributed by atoms with Crippen molar-refractivity contribution in [2.24, 2.45) is 5.73 Å². The second kappa shape index (κ2) is 6.90. The number of primary amides is 1. The zero-order valence-electron chi connectivity index (χ0n) is 7.16. The summed E-state index contributed by atoms with van der Waals surface area (Å²) < 4.78 is 4.49. The number of imide groups is 1. The fourth-order valence-electron chi connectivity index (χ4n) is 0.494. The third kappa shape index (κ3) is 7.11. The first-order valence-electron chi connectivity index (χ1n) is 3.57. The van der Waals surface area contributed by atoms with E-state index in [-0.39, 0.29) is 12.5 Å². The van der Waals surface area contributed by atoms with Crippen LogP contribution in [0.2, 0.25) is 0 Å². The molecule has 0 aromatic carbocycles. The number of carbonyl (C=O) groups excluding carboxylic acids is 3. The summed E-state index contributed by atoms with van der Waals surface area (Å²) in [4.78, 5) is 31.6. The lowest BCUT2D eigenvalue weighted by molar-refractivity contribution is -0.137. The normalized spacial score (nSPS) is 9.79. The van der Waals surface area contributed by atoms with Crippen LogP contribution in [0, 0.1) is 0 Å². The van der Waals surface area contributed by atoms with Crippen LogP contribution in [0.15, 0.2) is 12.2 Å². The van der Waals surface area contributed by atoms with Gasteiger partial charge in [0.15, 0.2) is 0 Å². The van der Waals surface area contributed by atoms with Crippen molar-refractivity contribution >= 4 is 29.5 Å². The van der Waals surface area contributed by atoms with Crippen LogP contribution < -0.4 is 11.1 Å². The molecule has 0 aliphatic carbocycles. The highest BCUT2D eigenvalue weighted by molar-refractivity contribution is 6.18. The molecule has 0 aromatic rings. The van der Waals surface area contributed by atoms with Crippen molar-refractivity contribution in [3.05, 3.63) is 12.2 Å². The molecule has 0 atom stereocenters. The van der Waals surface area contributed by atoms with E-state index in [0.717, 1.165) is 12.2 Å². The van der Waals surface area contributed by atoms with Gasteiger partial charge in [-0.15, -0.1) is 11.6 Å². The maximum absolute atomic E-state index is 10.7. The van der Waals surface area contributed by atoms with E-state index >= 15 is 0 Å². The zero-order valence-corrected chi connectivity index (χ0v) is 7.91. The lowest BCUT2D eigenvalue weighted by atomic mass is 10.4. The van der Waals surface area contributed by atoms with Crippen LogP contribution in [-0.2, 0) is 14.3 Å². The van der Waals surface area contributed by atoms with Crippen molar-refractivity contribution in [1.82, 2.24) is 5.32 Å². The van der Waals surface area contributed by atoms with Gasteiger partial charge in [0.25, 0.3) is 5.91 Å². The van der Waals surface area contributed by atoms with Gasteiger partial charge in [-0.05, 0) is 0 Å². The molecule has 0 spiro atoms. The molecule has 0 bridgehead atoms. The number of esters is 1. The van der Waals surface area contributed by atoms with E-state index in [1.54, 1.807) is 5.32 Å². The minimum atomic E-state index is -0.992. The Morgan fingerprint density at radius 3 is 2.50 bits per heavy atom. The Morgan fingerprint density at radius 1 is 1.36 bits per heavy atom. The quantitative estimate of drug-likeness (QED) is 0.380. The molecule has 3 amide bonds. The fraction of sp³-hybridized carbons (Fsp3) is 0.286. The lowest BCUT2D eigenvalue weighted by Crippen LogP contribution is -2.33. The van der Waals surface area contributed by atoms with E-state index in [2.05, 4.69) is 10.5 Å². The van der Waals surface area contributed by atoms with Gasteiger partial charge in [0.05, 0.1) is 5.88 Å². The molecular weight excluding hydrogens is 212 g/mol. The highest BCUT2D eigenvalue weighted by Crippen LogP contribution is 1.84. The first-order valence-corrected chi connectivity index (χ1v) is 4.11. The van der Waals surface area contributed by atoms with Crippen LogP contribution in [0.4, 0.5) is 4.79 Å². The van der Waals surface area contributed by atoms with Crippen LogP contribution in [0.25, 0.3) is 0 Å². The van der Waals surface area contributed by atoms with E-state index < -0.39 is 17.9 Å². The zero-order chi connectivity index (χ0) is 11.0. The maximum atomic E-state index is 10.7. The van der Waals surface area contributed by atoms with Crippen LogP contribution in [0.1, 0.15) is 0 Å². The van der Waals surface area contributed by atoms with Gasteiger partial charge in [-0.25, -0.2) is 9.59 Å². The van der Waals surface area contributed by atoms with E-state index in [4.69, 9.17) is 11.6 Å². The Labute approximate surface area is 85.0 Å². The Bertz CT molecular complexity index is 264. The van der Waals surface area contributed by atoms with Crippen molar-refractivity contribution < 1.29 is 19.1 Å². The number of alkyl halides is 1. The summed E-state index contributed by atoms with van der Waals surface area (Å²) in [6, 6.07) is -0.992. The molecule has 0 unspecified atom stereocenters. The summed E-state index contributed by atoms with van der Waals surface area (Å²) in [5.74, 6) is -1.34. The minimum Gasteiger partial charge on any atom is -0.461 e. The van der Waals surface area contributed by atoms with Crippen LogP contribution in [0.3, 0.4) is 0 Å². The largest absolute Gasteiger partial charge is 0.461 e. The Morgan fingerprint density at radius 2 is 2.00 bits per heavy atom. The van der Waals surface area contributed by atoms with Crippen LogP contribution in [-0.4, -0.2) is 30.4 Å². The molecule has 0 fully saturated rings. The molecule has 0 radical (unpaired) electrons. The number of rotatable bonds is 4. The van der Waals surface area contributed by atoms with Gasteiger partial charge < -0.3 is 10.5 Å². The Balaban J connectivity index is 3.85. The number of halogens is 1. The number of hydrogen-bond donors (Lipinski definition) is 2. The highest BCUT2D eigenvalue weighted by Gasteiger charge is 2.00. The van der Waals surface area contributed by atoms with Gasteiger partial charge in [-0.2, -0.15) is 0 Å². The predicted molar refractivity (Wildman–Crippen MR) is 48.5 cm³/mol. The van der Waals surface area contributed by atoms with Gasteiger partial charge >= 0.3 is 12.0 Å². The van der Waals surface area contributed by atoms with Gasteiger partial charge in [0.2, 0.25) is 0 Å². The molecule has 3 N–H and O–H groups in total. The molecule has 7 heteroatoms. The first-order chi connectivity index (χ1) is 6.56. The number of hydrogen-bond acceptors (Lipinski definition) is 4. The summed E-state index contributed by atoms with van der Waals surface area (Å²) in [5.41, 5.74) is 4.64. The third-order valence-electron chi connectivity index (χ3n) is 0.939. The average molecular weight is 221 g/mol.